The number of hydrogen-bond acceptors (Lipinski definition) is 3. The highest BCUT2D eigenvalue weighted by atomic mass is 16.5. The van der Waals surface area contributed by atoms with Crippen molar-refractivity contribution in [1.82, 2.24) is 0 Å². The molecule has 0 fully saturated rings. The van der Waals surface area contributed by atoms with Crippen LogP contribution in [0, 0.1) is 0 Å². The van der Waals surface area contributed by atoms with Crippen LogP contribution in [0.15, 0.2) is 108 Å². The molecular formula is C36H30BO3. The van der Waals surface area contributed by atoms with Gasteiger partial charge in [0.25, 0.3) is 0 Å². The van der Waals surface area contributed by atoms with Gasteiger partial charge in [-0.25, -0.2) is 0 Å². The number of fused-ring (bicyclic) bond motifs is 9. The normalized spacial score (nSPS) is 12.7. The zero-order chi connectivity index (χ0) is 27.6. The zero-order valence-corrected chi connectivity index (χ0v) is 23.2. The maximum atomic E-state index is 10.4. The van der Waals surface area contributed by atoms with Crippen molar-refractivity contribution in [2.75, 3.05) is 0 Å². The molecule has 7 rings (SSSR count). The van der Waals surface area contributed by atoms with E-state index in [9.17, 15) is 5.11 Å². The lowest BCUT2D eigenvalue weighted by molar-refractivity contribution is -0.0893. The Labute approximate surface area is 234 Å². The van der Waals surface area contributed by atoms with Gasteiger partial charge in [-0.05, 0) is 94.8 Å². The Morgan fingerprint density at radius 3 is 1.85 bits per heavy atom. The van der Waals surface area contributed by atoms with E-state index >= 15 is 0 Å². The van der Waals surface area contributed by atoms with Gasteiger partial charge in [-0.1, -0.05) is 84.9 Å². The third-order valence-electron chi connectivity index (χ3n) is 8.54. The van der Waals surface area contributed by atoms with Gasteiger partial charge >= 0.3 is 7.48 Å². The minimum atomic E-state index is -0.987. The zero-order valence-electron chi connectivity index (χ0n) is 23.2. The lowest BCUT2D eigenvalue weighted by Crippen LogP contribution is -2.49. The van der Waals surface area contributed by atoms with Crippen LogP contribution in [-0.4, -0.2) is 23.8 Å². The van der Waals surface area contributed by atoms with Gasteiger partial charge in [0.05, 0.1) is 11.2 Å². The van der Waals surface area contributed by atoms with Crippen LogP contribution in [0.2, 0.25) is 0 Å². The largest absolute Gasteiger partial charge is 0.456 e. The van der Waals surface area contributed by atoms with Crippen molar-refractivity contribution >= 4 is 67.2 Å². The van der Waals surface area contributed by atoms with Gasteiger partial charge < -0.3 is 14.2 Å². The molecule has 0 atom stereocenters. The smallest absolute Gasteiger partial charge is 0.331 e. The molecule has 0 aliphatic rings. The Kier molecular flexibility index (Phi) is 5.57. The Hall–Kier alpha value is -4.12. The van der Waals surface area contributed by atoms with Crippen LogP contribution < -0.4 is 5.46 Å². The predicted molar refractivity (Wildman–Crippen MR) is 169 cm³/mol. The molecule has 0 unspecified atom stereocenters. The van der Waals surface area contributed by atoms with Crippen molar-refractivity contribution < 1.29 is 14.2 Å². The van der Waals surface area contributed by atoms with E-state index in [0.717, 1.165) is 38.5 Å². The first-order valence-corrected chi connectivity index (χ1v) is 13.7. The third-order valence-corrected chi connectivity index (χ3v) is 8.54. The average molecular weight is 521 g/mol. The van der Waals surface area contributed by atoms with E-state index in [1.54, 1.807) is 21.3 Å². The molecule has 40 heavy (non-hydrogen) atoms. The maximum absolute atomic E-state index is 10.4. The molecule has 0 saturated heterocycles. The van der Waals surface area contributed by atoms with E-state index in [2.05, 4.69) is 84.9 Å². The molecule has 4 heteroatoms. The van der Waals surface area contributed by atoms with Crippen molar-refractivity contribution in [3.05, 3.63) is 103 Å². The minimum Gasteiger partial charge on any atom is -0.456 e. The summed E-state index contributed by atoms with van der Waals surface area (Å²) in [7, 11) is 1.70. The summed E-state index contributed by atoms with van der Waals surface area (Å²) in [6.07, 6.45) is 0. The monoisotopic (exact) mass is 521 g/mol. The van der Waals surface area contributed by atoms with Gasteiger partial charge in [0, 0.05) is 10.8 Å². The molecule has 7 aromatic rings. The Bertz CT molecular complexity index is 2040. The van der Waals surface area contributed by atoms with Crippen LogP contribution >= 0.6 is 0 Å². The number of furan rings is 1. The Morgan fingerprint density at radius 2 is 1.20 bits per heavy atom. The molecule has 0 aliphatic carbocycles. The van der Waals surface area contributed by atoms with Crippen molar-refractivity contribution in [2.24, 2.45) is 0 Å². The first-order valence-electron chi connectivity index (χ1n) is 13.7. The van der Waals surface area contributed by atoms with Crippen molar-refractivity contribution in [1.29, 1.82) is 0 Å². The average Bonchev–Trinajstić information content (AvgIpc) is 3.33. The standard InChI is InChI=1S/C36H30BO3/c1-35(2,38)36(3,4)40-37-23-17-19-30-33(21-23)39-32-15-9-14-24(34(30)32)22-16-18-29-27-12-6-5-10-25(27)26-11-7-8-13-28(26)31(29)20-22/h5-21,38H,1-4H3. The second kappa shape index (κ2) is 8.95. The van der Waals surface area contributed by atoms with Gasteiger partial charge in [-0.15, -0.1) is 0 Å². The van der Waals surface area contributed by atoms with Crippen LogP contribution in [0.1, 0.15) is 27.7 Å². The minimum absolute atomic E-state index is 0.741. The summed E-state index contributed by atoms with van der Waals surface area (Å²) >= 11 is 0. The summed E-state index contributed by atoms with van der Waals surface area (Å²) in [4.78, 5) is 0. The van der Waals surface area contributed by atoms with Gasteiger partial charge in [0.15, 0.2) is 0 Å². The summed E-state index contributed by atoms with van der Waals surface area (Å²) in [5.41, 5.74) is 3.12. The maximum Gasteiger partial charge on any atom is 0.331 e. The Balaban J connectivity index is 1.37. The van der Waals surface area contributed by atoms with E-state index < -0.39 is 11.2 Å². The van der Waals surface area contributed by atoms with Gasteiger partial charge in [0.2, 0.25) is 0 Å². The quantitative estimate of drug-likeness (QED) is 0.182. The van der Waals surface area contributed by atoms with E-state index in [-0.39, 0.29) is 0 Å². The fourth-order valence-corrected chi connectivity index (χ4v) is 5.59. The molecule has 195 valence electrons. The molecule has 6 aromatic carbocycles. The number of aliphatic hydroxyl groups is 1. The molecule has 0 bridgehead atoms. The van der Waals surface area contributed by atoms with Crippen LogP contribution in [0.3, 0.4) is 0 Å². The van der Waals surface area contributed by atoms with Gasteiger partial charge in [-0.2, -0.15) is 0 Å². The molecule has 1 heterocycles. The first-order chi connectivity index (χ1) is 19.2. The SMILES string of the molecule is CC(C)(O)C(C)(C)O[B]c1ccc2c(c1)oc1cccc(-c3ccc4c5ccccc5c5ccccc5c4c3)c12. The molecular weight excluding hydrogens is 491 g/mol. The number of benzene rings is 6. The Morgan fingerprint density at radius 1 is 0.600 bits per heavy atom. The summed E-state index contributed by atoms with van der Waals surface area (Å²) in [5.74, 6) is 0. The molecule has 0 saturated carbocycles. The van der Waals surface area contributed by atoms with Gasteiger partial charge in [0.1, 0.15) is 11.2 Å². The topological polar surface area (TPSA) is 42.6 Å². The number of rotatable bonds is 5. The van der Waals surface area contributed by atoms with Crippen LogP contribution in [0.25, 0.3) is 65.4 Å². The van der Waals surface area contributed by atoms with E-state index in [0.29, 0.717) is 0 Å². The summed E-state index contributed by atoms with van der Waals surface area (Å²) < 4.78 is 12.3. The lowest BCUT2D eigenvalue weighted by Gasteiger charge is -2.37. The van der Waals surface area contributed by atoms with Crippen LogP contribution in [-0.2, 0) is 4.65 Å². The highest BCUT2D eigenvalue weighted by Gasteiger charge is 2.35. The highest BCUT2D eigenvalue weighted by molar-refractivity contribution is 6.47. The van der Waals surface area contributed by atoms with Crippen molar-refractivity contribution in [3.63, 3.8) is 0 Å². The second-order valence-corrected chi connectivity index (χ2v) is 11.7. The molecule has 0 aliphatic heterocycles. The predicted octanol–water partition coefficient (Wildman–Crippen LogP) is 8.52. The molecule has 3 nitrogen and oxygen atoms in total. The molecule has 1 aromatic heterocycles. The second-order valence-electron chi connectivity index (χ2n) is 11.7. The molecule has 0 amide bonds. The van der Waals surface area contributed by atoms with E-state index in [1.807, 2.05) is 32.0 Å². The van der Waals surface area contributed by atoms with Crippen molar-refractivity contribution in [3.8, 4) is 11.1 Å². The van der Waals surface area contributed by atoms with E-state index in [1.165, 1.54) is 32.3 Å². The third kappa shape index (κ3) is 3.90. The fraction of sp³-hybridized carbons (Fsp3) is 0.167. The summed E-state index contributed by atoms with van der Waals surface area (Å²) in [5, 5.41) is 20.2. The first kappa shape index (κ1) is 24.9. The number of hydrogen-bond donors (Lipinski definition) is 1. The summed E-state index contributed by atoms with van der Waals surface area (Å²) in [6.45, 7) is 7.27. The molecule has 1 N–H and O–H groups in total. The van der Waals surface area contributed by atoms with Crippen molar-refractivity contribution in [2.45, 2.75) is 38.9 Å². The highest BCUT2D eigenvalue weighted by Crippen LogP contribution is 2.40. The molecule has 1 radical (unpaired) electrons. The summed E-state index contributed by atoms with van der Waals surface area (Å²) in [6, 6.07) is 36.6. The fourth-order valence-electron chi connectivity index (χ4n) is 5.59. The molecule has 0 spiro atoms. The van der Waals surface area contributed by atoms with Gasteiger partial charge in [-0.3, -0.25) is 0 Å². The van der Waals surface area contributed by atoms with Crippen LogP contribution in [0.5, 0.6) is 0 Å². The lowest BCUT2D eigenvalue weighted by atomic mass is 9.82. The van der Waals surface area contributed by atoms with Crippen LogP contribution in [0.4, 0.5) is 0 Å². The van der Waals surface area contributed by atoms with E-state index in [4.69, 9.17) is 9.07 Å².